The van der Waals surface area contributed by atoms with Crippen LogP contribution in [0.2, 0.25) is 5.02 Å². The number of hydrogen-bond donors (Lipinski definition) is 0. The van der Waals surface area contributed by atoms with Gasteiger partial charge in [-0.05, 0) is 43.0 Å². The molecule has 0 bridgehead atoms. The molecule has 0 saturated carbocycles. The monoisotopic (exact) mass is 167 g/mol. The van der Waals surface area contributed by atoms with Crippen molar-refractivity contribution in [2.75, 3.05) is 0 Å². The molecule has 0 atom stereocenters. The maximum absolute atomic E-state index is 5.83. The van der Waals surface area contributed by atoms with E-state index in [-0.39, 0.29) is 0 Å². The molecule has 0 aliphatic heterocycles. The normalized spacial score (nSPS) is 10.1. The fraction of sp³-hybridized carbons (Fsp3) is 0.300. The van der Waals surface area contributed by atoms with Crippen LogP contribution >= 0.6 is 11.6 Å². The molecule has 0 spiro atoms. The summed E-state index contributed by atoms with van der Waals surface area (Å²) in [6.45, 7) is 5.91. The van der Waals surface area contributed by atoms with Crippen molar-refractivity contribution in [2.24, 2.45) is 0 Å². The van der Waals surface area contributed by atoms with Gasteiger partial charge in [-0.15, -0.1) is 0 Å². The molecule has 0 fully saturated rings. The zero-order chi connectivity index (χ0) is 8.27. The molecular formula is C10H12Cl. The lowest BCUT2D eigenvalue weighted by atomic mass is 10.1. The number of rotatable bonds is 2. The van der Waals surface area contributed by atoms with Crippen molar-refractivity contribution in [3.63, 3.8) is 0 Å². The van der Waals surface area contributed by atoms with E-state index in [1.165, 1.54) is 11.1 Å². The van der Waals surface area contributed by atoms with Gasteiger partial charge in [0.1, 0.15) is 0 Å². The Kier molecular flexibility index (Phi) is 2.95. The van der Waals surface area contributed by atoms with Crippen LogP contribution in [0.15, 0.2) is 18.2 Å². The summed E-state index contributed by atoms with van der Waals surface area (Å²) < 4.78 is 0. The van der Waals surface area contributed by atoms with E-state index in [9.17, 15) is 0 Å². The molecule has 1 rings (SSSR count). The molecule has 0 aliphatic rings. The highest BCUT2D eigenvalue weighted by atomic mass is 35.5. The summed E-state index contributed by atoms with van der Waals surface area (Å²) in [5, 5.41) is 0.819. The summed E-state index contributed by atoms with van der Waals surface area (Å²) in [4.78, 5) is 0. The second kappa shape index (κ2) is 3.77. The molecule has 0 aromatic heterocycles. The van der Waals surface area contributed by atoms with Crippen LogP contribution in [0.5, 0.6) is 0 Å². The van der Waals surface area contributed by atoms with Gasteiger partial charge in [-0.2, -0.15) is 0 Å². The fourth-order valence-corrected chi connectivity index (χ4v) is 1.29. The molecule has 1 aromatic rings. The topological polar surface area (TPSA) is 0 Å². The van der Waals surface area contributed by atoms with Crippen molar-refractivity contribution in [1.82, 2.24) is 0 Å². The second-order valence-electron chi connectivity index (χ2n) is 2.67. The number of benzene rings is 1. The molecule has 0 amide bonds. The Morgan fingerprint density at radius 2 is 2.18 bits per heavy atom. The summed E-state index contributed by atoms with van der Waals surface area (Å²) in [6.07, 6.45) is 1.95. The lowest BCUT2D eigenvalue weighted by Gasteiger charge is -2.03. The third-order valence-corrected chi connectivity index (χ3v) is 1.99. The molecule has 1 heteroatoms. The second-order valence-corrected chi connectivity index (χ2v) is 3.11. The number of aryl methyl sites for hydroxylation is 2. The lowest BCUT2D eigenvalue weighted by molar-refractivity contribution is 0.985. The molecule has 0 saturated heterocycles. The van der Waals surface area contributed by atoms with Gasteiger partial charge in [0, 0.05) is 5.02 Å². The van der Waals surface area contributed by atoms with Crippen molar-refractivity contribution >= 4 is 11.6 Å². The zero-order valence-electron chi connectivity index (χ0n) is 6.73. The number of hydrogen-bond acceptors (Lipinski definition) is 0. The largest absolute Gasteiger partial charge is 0.0843 e. The van der Waals surface area contributed by atoms with Gasteiger partial charge >= 0.3 is 0 Å². The smallest absolute Gasteiger partial charge is 0.0408 e. The fourth-order valence-electron chi connectivity index (χ4n) is 1.10. The Morgan fingerprint density at radius 1 is 1.45 bits per heavy atom. The van der Waals surface area contributed by atoms with Crippen LogP contribution in [0.25, 0.3) is 0 Å². The minimum Gasteiger partial charge on any atom is -0.0843 e. The van der Waals surface area contributed by atoms with Crippen molar-refractivity contribution in [3.05, 3.63) is 41.3 Å². The van der Waals surface area contributed by atoms with E-state index in [4.69, 9.17) is 11.6 Å². The van der Waals surface area contributed by atoms with E-state index in [2.05, 4.69) is 13.8 Å². The van der Waals surface area contributed by atoms with Crippen LogP contribution in [-0.4, -0.2) is 0 Å². The van der Waals surface area contributed by atoms with E-state index >= 15 is 0 Å². The summed E-state index contributed by atoms with van der Waals surface area (Å²) in [6, 6.07) is 5.98. The first-order valence-corrected chi connectivity index (χ1v) is 4.16. The van der Waals surface area contributed by atoms with Crippen LogP contribution in [0.3, 0.4) is 0 Å². The molecule has 0 heterocycles. The predicted octanol–water partition coefficient (Wildman–Crippen LogP) is 3.42. The van der Waals surface area contributed by atoms with E-state index in [0.29, 0.717) is 0 Å². The molecule has 0 N–H and O–H groups in total. The van der Waals surface area contributed by atoms with Gasteiger partial charge in [0.05, 0.1) is 0 Å². The van der Waals surface area contributed by atoms with Crippen molar-refractivity contribution in [2.45, 2.75) is 19.8 Å². The Morgan fingerprint density at radius 3 is 2.82 bits per heavy atom. The highest BCUT2D eigenvalue weighted by molar-refractivity contribution is 6.30. The average Bonchev–Trinajstić information content (AvgIpc) is 1.98. The van der Waals surface area contributed by atoms with Gasteiger partial charge in [0.2, 0.25) is 0 Å². The predicted molar refractivity (Wildman–Crippen MR) is 49.9 cm³/mol. The first-order valence-electron chi connectivity index (χ1n) is 3.78. The molecule has 11 heavy (non-hydrogen) atoms. The van der Waals surface area contributed by atoms with Gasteiger partial charge in [0.25, 0.3) is 0 Å². The first-order chi connectivity index (χ1) is 5.24. The molecule has 0 unspecified atom stereocenters. The van der Waals surface area contributed by atoms with Gasteiger partial charge in [-0.1, -0.05) is 24.6 Å². The van der Waals surface area contributed by atoms with Crippen LogP contribution in [0.1, 0.15) is 17.5 Å². The quantitative estimate of drug-likeness (QED) is 0.633. The van der Waals surface area contributed by atoms with Gasteiger partial charge in [-0.25, -0.2) is 0 Å². The third kappa shape index (κ3) is 2.23. The lowest BCUT2D eigenvalue weighted by Crippen LogP contribution is -1.87. The standard InChI is InChI=1S/C10H12Cl/c1-3-4-9-7-10(11)6-5-8(9)2/h5-7H,1,3-4H2,2H3. The van der Waals surface area contributed by atoms with Crippen molar-refractivity contribution in [1.29, 1.82) is 0 Å². The Balaban J connectivity index is 2.93. The maximum atomic E-state index is 5.83. The minimum atomic E-state index is 0.819. The highest BCUT2D eigenvalue weighted by Gasteiger charge is 1.96. The zero-order valence-corrected chi connectivity index (χ0v) is 7.49. The summed E-state index contributed by atoms with van der Waals surface area (Å²) >= 11 is 5.83. The van der Waals surface area contributed by atoms with E-state index in [1.54, 1.807) is 0 Å². The van der Waals surface area contributed by atoms with Gasteiger partial charge < -0.3 is 0 Å². The Labute approximate surface area is 73.2 Å². The maximum Gasteiger partial charge on any atom is 0.0408 e. The molecule has 1 aromatic carbocycles. The Bertz CT molecular complexity index is 241. The summed E-state index contributed by atoms with van der Waals surface area (Å²) in [7, 11) is 0. The van der Waals surface area contributed by atoms with Crippen LogP contribution in [-0.2, 0) is 6.42 Å². The van der Waals surface area contributed by atoms with E-state index in [1.807, 2.05) is 18.2 Å². The average molecular weight is 168 g/mol. The van der Waals surface area contributed by atoms with Crippen LogP contribution in [0.4, 0.5) is 0 Å². The van der Waals surface area contributed by atoms with E-state index in [0.717, 1.165) is 17.9 Å². The van der Waals surface area contributed by atoms with Gasteiger partial charge in [0.15, 0.2) is 0 Å². The molecule has 59 valence electrons. The number of halogens is 1. The molecular weight excluding hydrogens is 156 g/mol. The van der Waals surface area contributed by atoms with Crippen LogP contribution < -0.4 is 0 Å². The minimum absolute atomic E-state index is 0.819. The molecule has 1 radical (unpaired) electrons. The third-order valence-electron chi connectivity index (χ3n) is 1.76. The molecule has 0 nitrogen and oxygen atoms in total. The Hall–Kier alpha value is -0.490. The summed E-state index contributed by atoms with van der Waals surface area (Å²) in [5.41, 5.74) is 2.62. The van der Waals surface area contributed by atoms with Gasteiger partial charge in [-0.3, -0.25) is 0 Å². The van der Waals surface area contributed by atoms with Crippen molar-refractivity contribution < 1.29 is 0 Å². The molecule has 0 aliphatic carbocycles. The SMILES string of the molecule is [CH2]CCc1cc(Cl)ccc1C. The van der Waals surface area contributed by atoms with Crippen LogP contribution in [0, 0.1) is 13.8 Å². The first kappa shape index (κ1) is 8.61. The van der Waals surface area contributed by atoms with E-state index < -0.39 is 0 Å². The highest BCUT2D eigenvalue weighted by Crippen LogP contribution is 2.16. The van der Waals surface area contributed by atoms with Crippen molar-refractivity contribution in [3.8, 4) is 0 Å². The summed E-state index contributed by atoms with van der Waals surface area (Å²) in [5.74, 6) is 0.